The maximum Gasteiger partial charge on any atom is 0.468 e. The van der Waals surface area contributed by atoms with Gasteiger partial charge in [0.15, 0.2) is 0 Å². The summed E-state index contributed by atoms with van der Waals surface area (Å²) < 4.78 is 41.5. The highest BCUT2D eigenvalue weighted by Gasteiger charge is 2.38. The number of oxazole rings is 1. The van der Waals surface area contributed by atoms with Gasteiger partial charge in [-0.1, -0.05) is 6.92 Å². The third-order valence-electron chi connectivity index (χ3n) is 1.96. The van der Waals surface area contributed by atoms with Gasteiger partial charge in [-0.05, 0) is 13.5 Å². The molecule has 0 bridgehead atoms. The van der Waals surface area contributed by atoms with Crippen molar-refractivity contribution < 1.29 is 17.6 Å². The molecule has 1 rings (SSSR count). The number of halogens is 3. The zero-order chi connectivity index (χ0) is 11.5. The van der Waals surface area contributed by atoms with E-state index in [0.717, 1.165) is 0 Å². The van der Waals surface area contributed by atoms with Crippen LogP contribution in [0.4, 0.5) is 13.2 Å². The Morgan fingerprint density at radius 3 is 2.53 bits per heavy atom. The minimum Gasteiger partial charge on any atom is -0.438 e. The molecule has 0 fully saturated rings. The molecule has 1 aromatic rings. The van der Waals surface area contributed by atoms with Crippen molar-refractivity contribution >= 4 is 0 Å². The Morgan fingerprint density at radius 1 is 1.40 bits per heavy atom. The van der Waals surface area contributed by atoms with Gasteiger partial charge in [-0.3, -0.25) is 0 Å². The SMILES string of the molecule is CCc1nc(C(F)(F)F)oc1CCNC. The average Bonchev–Trinajstić information content (AvgIpc) is 2.57. The van der Waals surface area contributed by atoms with E-state index in [9.17, 15) is 13.2 Å². The van der Waals surface area contributed by atoms with Gasteiger partial charge in [0.25, 0.3) is 0 Å². The first-order valence-electron chi connectivity index (χ1n) is 4.69. The summed E-state index contributed by atoms with van der Waals surface area (Å²) in [5, 5.41) is 2.85. The molecule has 86 valence electrons. The second kappa shape index (κ2) is 4.65. The molecule has 0 spiro atoms. The highest BCUT2D eigenvalue weighted by molar-refractivity contribution is 5.11. The van der Waals surface area contributed by atoms with Crippen molar-refractivity contribution in [1.29, 1.82) is 0 Å². The molecular weight excluding hydrogens is 209 g/mol. The molecule has 0 amide bonds. The number of nitrogens with one attached hydrogen (secondary N) is 1. The van der Waals surface area contributed by atoms with Crippen LogP contribution in [0.3, 0.4) is 0 Å². The number of hydrogen-bond donors (Lipinski definition) is 1. The molecule has 0 radical (unpaired) electrons. The van der Waals surface area contributed by atoms with Crippen LogP contribution in [0.1, 0.15) is 24.3 Å². The number of nitrogens with zero attached hydrogens (tertiary/aromatic N) is 1. The van der Waals surface area contributed by atoms with Gasteiger partial charge >= 0.3 is 12.1 Å². The van der Waals surface area contributed by atoms with E-state index in [1.54, 1.807) is 14.0 Å². The van der Waals surface area contributed by atoms with Gasteiger partial charge in [-0.25, -0.2) is 4.98 Å². The van der Waals surface area contributed by atoms with Gasteiger partial charge < -0.3 is 9.73 Å². The monoisotopic (exact) mass is 222 g/mol. The fraction of sp³-hybridized carbons (Fsp3) is 0.667. The van der Waals surface area contributed by atoms with Gasteiger partial charge in [0.2, 0.25) is 0 Å². The first-order valence-corrected chi connectivity index (χ1v) is 4.69. The summed E-state index contributed by atoms with van der Waals surface area (Å²) >= 11 is 0. The first-order chi connectivity index (χ1) is 6.99. The number of rotatable bonds is 4. The summed E-state index contributed by atoms with van der Waals surface area (Å²) in [4.78, 5) is 3.43. The standard InChI is InChI=1S/C9H13F3N2O/c1-3-6-7(4-5-13-2)15-8(14-6)9(10,11)12/h13H,3-5H2,1-2H3. The maximum absolute atomic E-state index is 12.3. The number of likely N-dealkylation sites (N-methyl/N-ethyl adjacent to an activating group) is 1. The lowest BCUT2D eigenvalue weighted by Gasteiger charge is -1.99. The maximum atomic E-state index is 12.3. The summed E-state index contributed by atoms with van der Waals surface area (Å²) in [7, 11) is 1.73. The summed E-state index contributed by atoms with van der Waals surface area (Å²) in [5.74, 6) is -0.829. The Balaban J connectivity index is 2.90. The van der Waals surface area contributed by atoms with Crippen LogP contribution in [0, 0.1) is 0 Å². The molecule has 1 aromatic heterocycles. The van der Waals surface area contributed by atoms with Gasteiger partial charge in [0, 0.05) is 13.0 Å². The molecule has 3 nitrogen and oxygen atoms in total. The van der Waals surface area contributed by atoms with Crippen molar-refractivity contribution in [3.05, 3.63) is 17.3 Å². The van der Waals surface area contributed by atoms with E-state index in [2.05, 4.69) is 10.3 Å². The van der Waals surface area contributed by atoms with Gasteiger partial charge in [0.1, 0.15) is 5.76 Å². The summed E-state index contributed by atoms with van der Waals surface area (Å²) in [6, 6.07) is 0. The van der Waals surface area contributed by atoms with E-state index in [4.69, 9.17) is 4.42 Å². The zero-order valence-corrected chi connectivity index (χ0v) is 8.61. The number of aromatic nitrogens is 1. The Bertz CT molecular complexity index is 320. The van der Waals surface area contributed by atoms with Crippen LogP contribution in [-0.4, -0.2) is 18.6 Å². The Hall–Kier alpha value is -1.04. The zero-order valence-electron chi connectivity index (χ0n) is 8.61. The largest absolute Gasteiger partial charge is 0.468 e. The molecule has 0 saturated carbocycles. The Kier molecular flexibility index (Phi) is 3.73. The van der Waals surface area contributed by atoms with E-state index < -0.39 is 12.1 Å². The van der Waals surface area contributed by atoms with Crippen LogP contribution in [0.15, 0.2) is 4.42 Å². The highest BCUT2D eigenvalue weighted by atomic mass is 19.4. The van der Waals surface area contributed by atoms with Crippen molar-refractivity contribution in [2.24, 2.45) is 0 Å². The molecule has 6 heteroatoms. The van der Waals surface area contributed by atoms with E-state index in [1.165, 1.54) is 0 Å². The normalized spacial score (nSPS) is 12.1. The third kappa shape index (κ3) is 2.95. The molecule has 0 aliphatic heterocycles. The van der Waals surface area contributed by atoms with E-state index in [1.807, 2.05) is 0 Å². The molecule has 0 aliphatic carbocycles. The van der Waals surface area contributed by atoms with Gasteiger partial charge in [0.05, 0.1) is 5.69 Å². The quantitative estimate of drug-likeness (QED) is 0.846. The summed E-state index contributed by atoms with van der Waals surface area (Å²) in [5.41, 5.74) is 0.387. The second-order valence-corrected chi connectivity index (χ2v) is 3.09. The number of alkyl halides is 3. The van der Waals surface area contributed by atoms with Crippen LogP contribution in [0.2, 0.25) is 0 Å². The van der Waals surface area contributed by atoms with E-state index in [-0.39, 0.29) is 0 Å². The molecule has 0 unspecified atom stereocenters. The third-order valence-corrected chi connectivity index (χ3v) is 1.96. The lowest BCUT2D eigenvalue weighted by molar-refractivity contribution is -0.157. The van der Waals surface area contributed by atoms with Crippen LogP contribution >= 0.6 is 0 Å². The number of aryl methyl sites for hydroxylation is 1. The van der Waals surface area contributed by atoms with E-state index >= 15 is 0 Å². The second-order valence-electron chi connectivity index (χ2n) is 3.09. The number of hydrogen-bond acceptors (Lipinski definition) is 3. The van der Waals surface area contributed by atoms with Crippen LogP contribution < -0.4 is 5.32 Å². The fourth-order valence-electron chi connectivity index (χ4n) is 1.21. The van der Waals surface area contributed by atoms with Crippen molar-refractivity contribution in [2.45, 2.75) is 25.9 Å². The molecule has 15 heavy (non-hydrogen) atoms. The van der Waals surface area contributed by atoms with Gasteiger partial charge in [-0.15, -0.1) is 0 Å². The summed E-state index contributed by atoms with van der Waals surface area (Å²) in [6.07, 6.45) is -3.64. The van der Waals surface area contributed by atoms with Crippen molar-refractivity contribution in [1.82, 2.24) is 10.3 Å². The van der Waals surface area contributed by atoms with Crippen molar-refractivity contribution in [3.8, 4) is 0 Å². The van der Waals surface area contributed by atoms with Crippen molar-refractivity contribution in [2.75, 3.05) is 13.6 Å². The lowest BCUT2D eigenvalue weighted by atomic mass is 10.2. The highest BCUT2D eigenvalue weighted by Crippen LogP contribution is 2.30. The molecule has 0 aromatic carbocycles. The van der Waals surface area contributed by atoms with Crippen LogP contribution in [0.5, 0.6) is 0 Å². The minimum atomic E-state index is -4.50. The summed E-state index contributed by atoms with van der Waals surface area (Å²) in [6.45, 7) is 2.32. The smallest absolute Gasteiger partial charge is 0.438 e. The topological polar surface area (TPSA) is 38.1 Å². The molecule has 0 saturated heterocycles. The predicted octanol–water partition coefficient (Wildman–Crippen LogP) is 2.02. The minimum absolute atomic E-state index is 0.319. The van der Waals surface area contributed by atoms with Crippen molar-refractivity contribution in [3.63, 3.8) is 0 Å². The fourth-order valence-corrected chi connectivity index (χ4v) is 1.21. The predicted molar refractivity (Wildman–Crippen MR) is 48.5 cm³/mol. The molecule has 0 aliphatic rings. The van der Waals surface area contributed by atoms with Gasteiger partial charge in [-0.2, -0.15) is 13.2 Å². The molecule has 0 atom stereocenters. The Morgan fingerprint density at radius 2 is 2.07 bits per heavy atom. The average molecular weight is 222 g/mol. The van der Waals surface area contributed by atoms with Crippen LogP contribution in [-0.2, 0) is 19.0 Å². The Labute approximate surface area is 85.7 Å². The molecule has 1 heterocycles. The molecular formula is C9H13F3N2O. The lowest BCUT2D eigenvalue weighted by Crippen LogP contribution is -2.10. The first kappa shape index (κ1) is 12.0. The van der Waals surface area contributed by atoms with Crippen LogP contribution in [0.25, 0.3) is 0 Å². The van der Waals surface area contributed by atoms with E-state index in [0.29, 0.717) is 30.8 Å². The molecule has 1 N–H and O–H groups in total.